The number of hydrogen-bond acceptors (Lipinski definition) is 6. The quantitative estimate of drug-likeness (QED) is 0.701. The van der Waals surface area contributed by atoms with Crippen LogP contribution in [0.4, 0.5) is 10.5 Å². The molecule has 0 radical (unpaired) electrons. The smallest absolute Gasteiger partial charge is 0.414 e. The van der Waals surface area contributed by atoms with Gasteiger partial charge in [-0.25, -0.2) is 13.2 Å². The monoisotopic (exact) mass is 329 g/mol. The number of ether oxygens (including phenoxy) is 1. The number of anilines is 1. The Labute approximate surface area is 129 Å². The van der Waals surface area contributed by atoms with Crippen molar-refractivity contribution >= 4 is 21.8 Å². The Bertz CT molecular complexity index is 630. The molecule has 1 saturated heterocycles. The Morgan fingerprint density at radius 3 is 2.50 bits per heavy atom. The maximum absolute atomic E-state index is 12.1. The van der Waals surface area contributed by atoms with Crippen molar-refractivity contribution in [1.82, 2.24) is 9.62 Å². The molecular weight excluding hydrogens is 310 g/mol. The lowest BCUT2D eigenvalue weighted by atomic mass is 10.3. The molecule has 1 fully saturated rings. The summed E-state index contributed by atoms with van der Waals surface area (Å²) >= 11 is 0. The standard InChI is InChI=1S/C13H19N3O5S/c1-15(2)9-14-22(19,20)12-5-3-10(4-6-12)16-7-11(8-17)21-13(16)18/h3-6,11,14,17H,7-9H2,1-2H3/t11-/m1/s1. The Balaban J connectivity index is 2.12. The van der Waals surface area contributed by atoms with Crippen LogP contribution >= 0.6 is 0 Å². The van der Waals surface area contributed by atoms with Crippen LogP contribution in [0.1, 0.15) is 0 Å². The number of cyclic esters (lactones) is 1. The van der Waals surface area contributed by atoms with Gasteiger partial charge in [0.15, 0.2) is 0 Å². The van der Waals surface area contributed by atoms with E-state index >= 15 is 0 Å². The van der Waals surface area contributed by atoms with Crippen LogP contribution in [0.3, 0.4) is 0 Å². The summed E-state index contributed by atoms with van der Waals surface area (Å²) in [6.45, 7) is 0.185. The van der Waals surface area contributed by atoms with E-state index in [9.17, 15) is 13.2 Å². The van der Waals surface area contributed by atoms with Gasteiger partial charge in [-0.3, -0.25) is 9.80 Å². The SMILES string of the molecule is CN(C)CNS(=O)(=O)c1ccc(N2C[C@H](CO)OC2=O)cc1. The molecule has 1 aromatic carbocycles. The van der Waals surface area contributed by atoms with E-state index in [1.54, 1.807) is 19.0 Å². The number of carbonyl (C=O) groups is 1. The van der Waals surface area contributed by atoms with E-state index in [1.165, 1.54) is 29.2 Å². The Morgan fingerprint density at radius 2 is 2.00 bits per heavy atom. The van der Waals surface area contributed by atoms with Crippen molar-refractivity contribution in [2.45, 2.75) is 11.0 Å². The minimum atomic E-state index is -3.59. The number of rotatable bonds is 6. The molecule has 22 heavy (non-hydrogen) atoms. The maximum Gasteiger partial charge on any atom is 0.414 e. The zero-order chi connectivity index (χ0) is 16.3. The summed E-state index contributed by atoms with van der Waals surface area (Å²) in [5.41, 5.74) is 0.521. The summed E-state index contributed by atoms with van der Waals surface area (Å²) in [6, 6.07) is 5.91. The highest BCUT2D eigenvalue weighted by atomic mass is 32.2. The van der Waals surface area contributed by atoms with Gasteiger partial charge in [-0.1, -0.05) is 0 Å². The summed E-state index contributed by atoms with van der Waals surface area (Å²) in [7, 11) is -0.0866. The van der Waals surface area contributed by atoms with Crippen LogP contribution in [0.25, 0.3) is 0 Å². The number of nitrogens with one attached hydrogen (secondary N) is 1. The van der Waals surface area contributed by atoms with Crippen LogP contribution in [0.5, 0.6) is 0 Å². The van der Waals surface area contributed by atoms with Gasteiger partial charge in [0, 0.05) is 5.69 Å². The molecule has 0 aromatic heterocycles. The maximum atomic E-state index is 12.1. The predicted molar refractivity (Wildman–Crippen MR) is 80.0 cm³/mol. The van der Waals surface area contributed by atoms with Gasteiger partial charge in [0.2, 0.25) is 10.0 Å². The number of amides is 1. The predicted octanol–water partition coefficient (Wildman–Crippen LogP) is -0.198. The average molecular weight is 329 g/mol. The lowest BCUT2D eigenvalue weighted by molar-refractivity contribution is 0.0963. The molecule has 0 saturated carbocycles. The Kier molecular flexibility index (Phi) is 5.01. The fourth-order valence-corrected chi connectivity index (χ4v) is 3.02. The number of aliphatic hydroxyl groups is 1. The van der Waals surface area contributed by atoms with Crippen LogP contribution in [0.15, 0.2) is 29.2 Å². The van der Waals surface area contributed by atoms with Gasteiger partial charge < -0.3 is 9.84 Å². The molecule has 1 atom stereocenters. The van der Waals surface area contributed by atoms with Crippen LogP contribution in [-0.2, 0) is 14.8 Å². The summed E-state index contributed by atoms with van der Waals surface area (Å²) < 4.78 is 31.5. The lowest BCUT2D eigenvalue weighted by Crippen LogP contribution is -2.33. The first kappa shape index (κ1) is 16.7. The molecule has 0 spiro atoms. The van der Waals surface area contributed by atoms with E-state index in [-0.39, 0.29) is 24.7 Å². The highest BCUT2D eigenvalue weighted by molar-refractivity contribution is 7.89. The lowest BCUT2D eigenvalue weighted by Gasteiger charge is -2.14. The first-order valence-electron chi connectivity index (χ1n) is 6.67. The number of sulfonamides is 1. The van der Waals surface area contributed by atoms with E-state index < -0.39 is 22.2 Å². The first-order valence-corrected chi connectivity index (χ1v) is 8.15. The molecule has 122 valence electrons. The Morgan fingerprint density at radius 1 is 1.36 bits per heavy atom. The van der Waals surface area contributed by atoms with E-state index in [0.717, 1.165) is 0 Å². The van der Waals surface area contributed by atoms with Crippen molar-refractivity contribution in [3.63, 3.8) is 0 Å². The van der Waals surface area contributed by atoms with Crippen molar-refractivity contribution in [2.75, 3.05) is 38.8 Å². The van der Waals surface area contributed by atoms with Crippen molar-refractivity contribution in [3.8, 4) is 0 Å². The van der Waals surface area contributed by atoms with Crippen LogP contribution in [0.2, 0.25) is 0 Å². The summed E-state index contributed by atoms with van der Waals surface area (Å²) in [5.74, 6) is 0. The molecule has 0 aliphatic carbocycles. The largest absolute Gasteiger partial charge is 0.441 e. The van der Waals surface area contributed by atoms with Crippen molar-refractivity contribution in [1.29, 1.82) is 0 Å². The zero-order valence-electron chi connectivity index (χ0n) is 12.4. The van der Waals surface area contributed by atoms with Crippen molar-refractivity contribution in [2.24, 2.45) is 0 Å². The molecule has 1 aromatic rings. The van der Waals surface area contributed by atoms with Gasteiger partial charge in [-0.15, -0.1) is 0 Å². The first-order chi connectivity index (χ1) is 10.3. The molecule has 2 rings (SSSR count). The molecule has 0 unspecified atom stereocenters. The minimum absolute atomic E-state index is 0.115. The molecule has 9 heteroatoms. The fraction of sp³-hybridized carbons (Fsp3) is 0.462. The molecule has 1 aliphatic rings. The normalized spacial score (nSPS) is 18.8. The van der Waals surface area contributed by atoms with Crippen LogP contribution in [-0.4, -0.2) is 64.5 Å². The third-order valence-electron chi connectivity index (χ3n) is 3.11. The van der Waals surface area contributed by atoms with Crippen molar-refractivity contribution in [3.05, 3.63) is 24.3 Å². The number of nitrogens with zero attached hydrogens (tertiary/aromatic N) is 2. The molecule has 0 bridgehead atoms. The van der Waals surface area contributed by atoms with Gasteiger partial charge in [0.1, 0.15) is 6.10 Å². The summed E-state index contributed by atoms with van der Waals surface area (Å²) in [5, 5.41) is 9.01. The second-order valence-corrected chi connectivity index (χ2v) is 6.95. The van der Waals surface area contributed by atoms with E-state index in [4.69, 9.17) is 9.84 Å². The van der Waals surface area contributed by atoms with E-state index in [1.807, 2.05) is 0 Å². The van der Waals surface area contributed by atoms with Gasteiger partial charge in [0.25, 0.3) is 0 Å². The molecule has 1 heterocycles. The molecule has 8 nitrogen and oxygen atoms in total. The topological polar surface area (TPSA) is 99.2 Å². The molecule has 1 amide bonds. The van der Waals surface area contributed by atoms with Gasteiger partial charge >= 0.3 is 6.09 Å². The highest BCUT2D eigenvalue weighted by Crippen LogP contribution is 2.23. The van der Waals surface area contributed by atoms with Crippen LogP contribution < -0.4 is 9.62 Å². The second-order valence-electron chi connectivity index (χ2n) is 5.18. The van der Waals surface area contributed by atoms with E-state index in [0.29, 0.717) is 5.69 Å². The van der Waals surface area contributed by atoms with E-state index in [2.05, 4.69) is 4.72 Å². The third-order valence-corrected chi connectivity index (χ3v) is 4.51. The summed E-state index contributed by atoms with van der Waals surface area (Å²) in [4.78, 5) is 14.8. The van der Waals surface area contributed by atoms with Gasteiger partial charge in [0.05, 0.1) is 24.7 Å². The number of hydrogen-bond donors (Lipinski definition) is 2. The highest BCUT2D eigenvalue weighted by Gasteiger charge is 2.31. The fourth-order valence-electron chi connectivity index (χ4n) is 1.93. The Hall–Kier alpha value is -1.68. The number of aliphatic hydroxyl groups excluding tert-OH is 1. The molecule has 1 aliphatic heterocycles. The van der Waals surface area contributed by atoms with Crippen LogP contribution in [0, 0.1) is 0 Å². The second kappa shape index (κ2) is 6.61. The third kappa shape index (κ3) is 3.74. The molecular formula is C13H19N3O5S. The van der Waals surface area contributed by atoms with Crippen molar-refractivity contribution < 1.29 is 23.1 Å². The van der Waals surface area contributed by atoms with Gasteiger partial charge in [-0.05, 0) is 38.4 Å². The van der Waals surface area contributed by atoms with Gasteiger partial charge in [-0.2, -0.15) is 4.72 Å². The zero-order valence-corrected chi connectivity index (χ0v) is 13.2. The minimum Gasteiger partial charge on any atom is -0.441 e. The summed E-state index contributed by atoms with van der Waals surface area (Å²) in [6.07, 6.45) is -1.11. The number of carbonyl (C=O) groups excluding carboxylic acids is 1. The number of benzene rings is 1. The average Bonchev–Trinajstić information content (AvgIpc) is 2.86. The molecule has 2 N–H and O–H groups in total.